The number of esters is 1. The minimum Gasteiger partial charge on any atom is -0.479 e. The second-order valence-electron chi connectivity index (χ2n) is 8.47. The normalized spacial score (nSPS) is 12.3. The van der Waals surface area contributed by atoms with E-state index < -0.39 is 12.1 Å². The Hall–Kier alpha value is -1.32. The zero-order valence-corrected chi connectivity index (χ0v) is 19.8. The molecule has 0 saturated carbocycles. The molecule has 0 aliphatic heterocycles. The number of aliphatic carboxylic acids is 1. The quantitative estimate of drug-likeness (QED) is 0.109. The molecule has 4 nitrogen and oxygen atoms in total. The average molecular weight is 425 g/mol. The molecule has 0 aromatic heterocycles. The first kappa shape index (κ1) is 28.7. The molecule has 0 heterocycles. The topological polar surface area (TPSA) is 63.6 Å². The maximum Gasteiger partial charge on any atom is 0.345 e. The fraction of sp³-hybridized carbons (Fsp3) is 0.846. The number of allylic oxidation sites excluding steroid dienone is 2. The smallest absolute Gasteiger partial charge is 0.345 e. The molecule has 1 unspecified atom stereocenters. The molecule has 0 rings (SSSR count). The molecule has 0 saturated heterocycles. The van der Waals surface area contributed by atoms with Crippen LogP contribution in [0.15, 0.2) is 12.2 Å². The van der Waals surface area contributed by atoms with Crippen molar-refractivity contribution in [2.24, 2.45) is 0 Å². The lowest BCUT2D eigenvalue weighted by Crippen LogP contribution is -2.26. The molecule has 1 N–H and O–H groups in total. The van der Waals surface area contributed by atoms with Crippen molar-refractivity contribution in [3.63, 3.8) is 0 Å². The van der Waals surface area contributed by atoms with E-state index in [1.807, 2.05) is 0 Å². The third-order valence-corrected chi connectivity index (χ3v) is 5.56. The Kier molecular flexibility index (Phi) is 21.4. The zero-order chi connectivity index (χ0) is 22.3. The van der Waals surface area contributed by atoms with Gasteiger partial charge in [0.25, 0.3) is 0 Å². The summed E-state index contributed by atoms with van der Waals surface area (Å²) in [5.74, 6) is -1.44. The van der Waals surface area contributed by atoms with Gasteiger partial charge < -0.3 is 9.84 Å². The molecule has 176 valence electrons. The highest BCUT2D eigenvalue weighted by atomic mass is 16.6. The summed E-state index contributed by atoms with van der Waals surface area (Å²) >= 11 is 0. The van der Waals surface area contributed by atoms with Crippen LogP contribution in [0.4, 0.5) is 0 Å². The number of hydrogen-bond acceptors (Lipinski definition) is 3. The maximum atomic E-state index is 11.6. The molecular formula is C26H48O4. The van der Waals surface area contributed by atoms with Crippen molar-refractivity contribution in [3.05, 3.63) is 12.2 Å². The van der Waals surface area contributed by atoms with Crippen molar-refractivity contribution >= 4 is 11.9 Å². The summed E-state index contributed by atoms with van der Waals surface area (Å²) in [5, 5.41) is 8.88. The van der Waals surface area contributed by atoms with E-state index in [9.17, 15) is 9.59 Å². The van der Waals surface area contributed by atoms with Crippen LogP contribution in [0.3, 0.4) is 0 Å². The molecule has 0 aromatic rings. The van der Waals surface area contributed by atoms with Gasteiger partial charge in [-0.15, -0.1) is 0 Å². The summed E-state index contributed by atoms with van der Waals surface area (Å²) < 4.78 is 4.95. The van der Waals surface area contributed by atoms with Crippen LogP contribution >= 0.6 is 0 Å². The van der Waals surface area contributed by atoms with Gasteiger partial charge in [0.05, 0.1) is 0 Å². The van der Waals surface area contributed by atoms with E-state index in [1.54, 1.807) is 6.92 Å². The van der Waals surface area contributed by atoms with E-state index in [-0.39, 0.29) is 5.97 Å². The van der Waals surface area contributed by atoms with Crippen LogP contribution in [0.1, 0.15) is 136 Å². The summed E-state index contributed by atoms with van der Waals surface area (Å²) in [7, 11) is 0. The lowest BCUT2D eigenvalue weighted by molar-refractivity contribution is -0.164. The molecule has 0 fully saturated rings. The minimum atomic E-state index is -1.06. The van der Waals surface area contributed by atoms with Gasteiger partial charge in [0, 0.05) is 6.42 Å². The molecule has 0 spiro atoms. The van der Waals surface area contributed by atoms with Crippen molar-refractivity contribution in [1.82, 2.24) is 0 Å². The number of carbonyl (C=O) groups excluding carboxylic acids is 1. The first-order chi connectivity index (χ1) is 14.6. The van der Waals surface area contributed by atoms with E-state index in [0.29, 0.717) is 12.8 Å². The first-order valence-corrected chi connectivity index (χ1v) is 12.7. The van der Waals surface area contributed by atoms with Gasteiger partial charge in [0.1, 0.15) is 0 Å². The van der Waals surface area contributed by atoms with Crippen LogP contribution in [0.2, 0.25) is 0 Å². The van der Waals surface area contributed by atoms with Gasteiger partial charge in [0.2, 0.25) is 0 Å². The van der Waals surface area contributed by atoms with Crippen LogP contribution in [0.5, 0.6) is 0 Å². The minimum absolute atomic E-state index is 0.316. The van der Waals surface area contributed by atoms with Crippen LogP contribution in [-0.4, -0.2) is 23.1 Å². The molecule has 0 aliphatic carbocycles. The van der Waals surface area contributed by atoms with E-state index >= 15 is 0 Å². The van der Waals surface area contributed by atoms with Gasteiger partial charge in [-0.1, -0.05) is 103 Å². The highest BCUT2D eigenvalue weighted by molar-refractivity contribution is 5.77. The van der Waals surface area contributed by atoms with E-state index in [2.05, 4.69) is 19.1 Å². The summed E-state index contributed by atoms with van der Waals surface area (Å²) in [5.41, 5.74) is 0. The Balaban J connectivity index is 3.28. The van der Waals surface area contributed by atoms with Crippen LogP contribution in [0.25, 0.3) is 0 Å². The summed E-state index contributed by atoms with van der Waals surface area (Å²) in [4.78, 5) is 22.4. The molecule has 0 radical (unpaired) electrons. The molecule has 0 aliphatic rings. The Morgan fingerprint density at radius 3 is 1.57 bits per heavy atom. The SMILES string of the molecule is CCCCCCCC/C=C\CCCCCCCCCCCC(=O)OC(CC)C(=O)O. The molecule has 0 amide bonds. The maximum absolute atomic E-state index is 11.6. The molecule has 30 heavy (non-hydrogen) atoms. The largest absolute Gasteiger partial charge is 0.479 e. The van der Waals surface area contributed by atoms with E-state index in [4.69, 9.17) is 9.84 Å². The fourth-order valence-corrected chi connectivity index (χ4v) is 3.57. The number of ether oxygens (including phenoxy) is 1. The molecule has 0 bridgehead atoms. The monoisotopic (exact) mass is 424 g/mol. The van der Waals surface area contributed by atoms with Gasteiger partial charge in [-0.2, -0.15) is 0 Å². The van der Waals surface area contributed by atoms with Gasteiger partial charge in [0.15, 0.2) is 6.10 Å². The number of unbranched alkanes of at least 4 members (excludes halogenated alkanes) is 15. The Morgan fingerprint density at radius 2 is 1.13 bits per heavy atom. The van der Waals surface area contributed by atoms with E-state index in [0.717, 1.165) is 19.3 Å². The Labute approximate surface area is 185 Å². The number of carbonyl (C=O) groups is 2. The molecule has 0 aromatic carbocycles. The number of carboxylic acids is 1. The van der Waals surface area contributed by atoms with Crippen molar-refractivity contribution < 1.29 is 19.4 Å². The van der Waals surface area contributed by atoms with Crippen molar-refractivity contribution in [2.45, 2.75) is 142 Å². The predicted molar refractivity (Wildman–Crippen MR) is 126 cm³/mol. The standard InChI is InChI=1S/C26H48O4/c1-3-5-6-7-8-9-10-11-12-13-14-15-16-17-18-19-20-21-22-23-25(27)30-24(4-2)26(28)29/h11-12,24H,3-10,13-23H2,1-2H3,(H,28,29)/b12-11-. The third kappa shape index (κ3) is 20.0. The zero-order valence-electron chi connectivity index (χ0n) is 19.8. The fourth-order valence-electron chi connectivity index (χ4n) is 3.57. The van der Waals surface area contributed by atoms with Crippen LogP contribution < -0.4 is 0 Å². The highest BCUT2D eigenvalue weighted by Gasteiger charge is 2.19. The number of hydrogen-bond donors (Lipinski definition) is 1. The molecular weight excluding hydrogens is 376 g/mol. The molecule has 1 atom stereocenters. The summed E-state index contributed by atoms with van der Waals surface area (Å²) in [6.07, 6.45) is 25.9. The first-order valence-electron chi connectivity index (χ1n) is 12.7. The highest BCUT2D eigenvalue weighted by Crippen LogP contribution is 2.13. The van der Waals surface area contributed by atoms with Crippen molar-refractivity contribution in [3.8, 4) is 0 Å². The Morgan fingerprint density at radius 1 is 0.700 bits per heavy atom. The lowest BCUT2D eigenvalue weighted by Gasteiger charge is -2.11. The van der Waals surface area contributed by atoms with Gasteiger partial charge >= 0.3 is 11.9 Å². The summed E-state index contributed by atoms with van der Waals surface area (Å²) in [6.45, 7) is 3.97. The van der Waals surface area contributed by atoms with Crippen LogP contribution in [-0.2, 0) is 14.3 Å². The van der Waals surface area contributed by atoms with Crippen molar-refractivity contribution in [2.75, 3.05) is 0 Å². The number of rotatable bonds is 22. The lowest BCUT2D eigenvalue weighted by atomic mass is 10.1. The Bertz CT molecular complexity index is 431. The summed E-state index contributed by atoms with van der Waals surface area (Å²) in [6, 6.07) is 0. The predicted octanol–water partition coefficient (Wildman–Crippen LogP) is 7.99. The van der Waals surface area contributed by atoms with Gasteiger partial charge in [-0.3, -0.25) is 4.79 Å². The average Bonchev–Trinajstić information content (AvgIpc) is 2.73. The van der Waals surface area contributed by atoms with E-state index in [1.165, 1.54) is 89.9 Å². The second kappa shape index (κ2) is 22.4. The van der Waals surface area contributed by atoms with Gasteiger partial charge in [-0.05, 0) is 38.5 Å². The third-order valence-electron chi connectivity index (χ3n) is 5.56. The number of carboxylic acid groups (broad SMARTS) is 1. The van der Waals surface area contributed by atoms with Crippen molar-refractivity contribution in [1.29, 1.82) is 0 Å². The second-order valence-corrected chi connectivity index (χ2v) is 8.47. The molecule has 4 heteroatoms. The van der Waals surface area contributed by atoms with Gasteiger partial charge in [-0.25, -0.2) is 4.79 Å². The van der Waals surface area contributed by atoms with Crippen LogP contribution in [0, 0.1) is 0 Å².